The van der Waals surface area contributed by atoms with Gasteiger partial charge in [0.2, 0.25) is 0 Å². The summed E-state index contributed by atoms with van der Waals surface area (Å²) >= 11 is 0. The Balaban J connectivity index is 2.61. The Labute approximate surface area is 110 Å². The van der Waals surface area contributed by atoms with Gasteiger partial charge in [0.15, 0.2) is 0 Å². The van der Waals surface area contributed by atoms with Crippen LogP contribution >= 0.6 is 0 Å². The van der Waals surface area contributed by atoms with Crippen LogP contribution in [0.25, 0.3) is 0 Å². The van der Waals surface area contributed by atoms with Crippen molar-refractivity contribution in [2.24, 2.45) is 0 Å². The fraction of sp³-hybridized carbons (Fsp3) is 0.600. The predicted molar refractivity (Wildman–Crippen MR) is 73.3 cm³/mol. The molecule has 0 bridgehead atoms. The van der Waals surface area contributed by atoms with Gasteiger partial charge < -0.3 is 10.1 Å². The highest BCUT2D eigenvalue weighted by Crippen LogP contribution is 2.10. The number of hydrogen-bond donors (Lipinski definition) is 1. The minimum atomic E-state index is -0.185. The van der Waals surface area contributed by atoms with Crippen molar-refractivity contribution in [2.75, 3.05) is 13.2 Å². The van der Waals surface area contributed by atoms with Crippen LogP contribution in [0.1, 0.15) is 32.8 Å². The van der Waals surface area contributed by atoms with Gasteiger partial charge in [-0.15, -0.1) is 0 Å². The molecule has 0 radical (unpaired) electrons. The lowest BCUT2D eigenvalue weighted by atomic mass is 10.0. The van der Waals surface area contributed by atoms with Gasteiger partial charge >= 0.3 is 0 Å². The highest BCUT2D eigenvalue weighted by Gasteiger charge is 2.17. The molecule has 0 aromatic heterocycles. The molecule has 2 atom stereocenters. The Morgan fingerprint density at radius 1 is 1.22 bits per heavy atom. The van der Waals surface area contributed by atoms with Crippen molar-refractivity contribution in [2.45, 2.75) is 45.8 Å². The highest BCUT2D eigenvalue weighted by molar-refractivity contribution is 5.17. The molecular weight excluding hydrogens is 229 g/mol. The fourth-order valence-electron chi connectivity index (χ4n) is 1.99. The average molecular weight is 253 g/mol. The van der Waals surface area contributed by atoms with Crippen LogP contribution in [0.5, 0.6) is 0 Å². The topological polar surface area (TPSA) is 21.3 Å². The molecule has 0 fully saturated rings. The second kappa shape index (κ2) is 8.22. The van der Waals surface area contributed by atoms with Crippen LogP contribution in [-0.4, -0.2) is 25.3 Å². The van der Waals surface area contributed by atoms with E-state index in [1.54, 1.807) is 0 Å². The van der Waals surface area contributed by atoms with Gasteiger partial charge in [-0.3, -0.25) is 0 Å². The number of rotatable bonds is 8. The second-order valence-electron chi connectivity index (χ2n) is 4.55. The van der Waals surface area contributed by atoms with Gasteiger partial charge in [0.05, 0.1) is 6.10 Å². The smallest absolute Gasteiger partial charge is 0.123 e. The Kier molecular flexibility index (Phi) is 6.91. The first-order valence-electron chi connectivity index (χ1n) is 6.76. The largest absolute Gasteiger partial charge is 0.377 e. The van der Waals surface area contributed by atoms with E-state index in [1.165, 1.54) is 12.1 Å². The van der Waals surface area contributed by atoms with E-state index in [4.69, 9.17) is 4.74 Å². The summed E-state index contributed by atoms with van der Waals surface area (Å²) in [6.45, 7) is 7.93. The molecule has 0 spiro atoms. The summed E-state index contributed by atoms with van der Waals surface area (Å²) in [7, 11) is 0. The molecule has 0 amide bonds. The summed E-state index contributed by atoms with van der Waals surface area (Å²) in [6, 6.07) is 6.98. The molecule has 0 saturated carbocycles. The summed E-state index contributed by atoms with van der Waals surface area (Å²) in [5.41, 5.74) is 1.14. The quantitative estimate of drug-likeness (QED) is 0.768. The lowest BCUT2D eigenvalue weighted by Gasteiger charge is -2.25. The molecule has 102 valence electrons. The van der Waals surface area contributed by atoms with E-state index in [9.17, 15) is 4.39 Å². The van der Waals surface area contributed by atoms with Crippen molar-refractivity contribution in [3.8, 4) is 0 Å². The summed E-state index contributed by atoms with van der Waals surface area (Å²) in [6.07, 6.45) is 2.12. The second-order valence-corrected chi connectivity index (χ2v) is 4.55. The molecule has 18 heavy (non-hydrogen) atoms. The van der Waals surface area contributed by atoms with E-state index in [2.05, 4.69) is 19.2 Å². The first kappa shape index (κ1) is 15.1. The number of benzene rings is 1. The molecule has 0 aliphatic heterocycles. The maximum Gasteiger partial charge on any atom is 0.123 e. The van der Waals surface area contributed by atoms with E-state index in [-0.39, 0.29) is 18.0 Å². The van der Waals surface area contributed by atoms with Gasteiger partial charge in [0.25, 0.3) is 0 Å². The van der Waals surface area contributed by atoms with Crippen LogP contribution in [0.3, 0.4) is 0 Å². The number of hydrogen-bond acceptors (Lipinski definition) is 2. The van der Waals surface area contributed by atoms with Gasteiger partial charge in [0, 0.05) is 12.6 Å². The van der Waals surface area contributed by atoms with Crippen molar-refractivity contribution in [1.82, 2.24) is 5.32 Å². The molecular formula is C15H24FNO. The Bertz CT molecular complexity index is 326. The van der Waals surface area contributed by atoms with E-state index in [0.717, 1.165) is 31.6 Å². The van der Waals surface area contributed by atoms with Crippen LogP contribution in [0.4, 0.5) is 4.39 Å². The van der Waals surface area contributed by atoms with Crippen LogP contribution in [0.15, 0.2) is 24.3 Å². The third kappa shape index (κ3) is 5.15. The zero-order chi connectivity index (χ0) is 13.4. The van der Waals surface area contributed by atoms with E-state index in [1.807, 2.05) is 19.1 Å². The van der Waals surface area contributed by atoms with E-state index >= 15 is 0 Å². The molecule has 0 heterocycles. The van der Waals surface area contributed by atoms with Crippen molar-refractivity contribution in [1.29, 1.82) is 0 Å². The van der Waals surface area contributed by atoms with Crippen LogP contribution in [0, 0.1) is 5.82 Å². The molecule has 2 unspecified atom stereocenters. The first-order valence-corrected chi connectivity index (χ1v) is 6.76. The Morgan fingerprint density at radius 2 is 1.89 bits per heavy atom. The number of nitrogens with one attached hydrogen (secondary N) is 1. The maximum absolute atomic E-state index is 12.9. The van der Waals surface area contributed by atoms with Crippen LogP contribution in [0.2, 0.25) is 0 Å². The normalized spacial score (nSPS) is 14.4. The summed E-state index contributed by atoms with van der Waals surface area (Å²) in [4.78, 5) is 0. The van der Waals surface area contributed by atoms with Gasteiger partial charge in [-0.25, -0.2) is 4.39 Å². The third-order valence-corrected chi connectivity index (χ3v) is 3.02. The van der Waals surface area contributed by atoms with Gasteiger partial charge in [-0.2, -0.15) is 0 Å². The highest BCUT2D eigenvalue weighted by atomic mass is 19.1. The molecule has 0 aliphatic carbocycles. The first-order chi connectivity index (χ1) is 8.67. The van der Waals surface area contributed by atoms with Crippen molar-refractivity contribution in [3.05, 3.63) is 35.6 Å². The molecule has 2 nitrogen and oxygen atoms in total. The zero-order valence-corrected chi connectivity index (χ0v) is 11.6. The zero-order valence-electron chi connectivity index (χ0n) is 11.6. The Hall–Kier alpha value is -0.930. The number of ether oxygens (including phenoxy) is 1. The summed E-state index contributed by atoms with van der Waals surface area (Å²) in [5.74, 6) is -0.185. The van der Waals surface area contributed by atoms with Gasteiger partial charge in [-0.1, -0.05) is 19.1 Å². The standard InChI is InChI=1S/C15H24FNO/c1-4-10-17-15(12(3)18-5-2)11-13-6-8-14(16)9-7-13/h6-9,12,15,17H,4-5,10-11H2,1-3H3. The average Bonchev–Trinajstić information content (AvgIpc) is 2.37. The van der Waals surface area contributed by atoms with Crippen molar-refractivity contribution >= 4 is 0 Å². The molecule has 3 heteroatoms. The monoisotopic (exact) mass is 253 g/mol. The SMILES string of the molecule is CCCNC(Cc1ccc(F)cc1)C(C)OCC. The van der Waals surface area contributed by atoms with Crippen molar-refractivity contribution < 1.29 is 9.13 Å². The summed E-state index contributed by atoms with van der Waals surface area (Å²) in [5, 5.41) is 3.50. The molecule has 1 aromatic rings. The molecule has 1 N–H and O–H groups in total. The minimum Gasteiger partial charge on any atom is -0.377 e. The lowest BCUT2D eigenvalue weighted by Crippen LogP contribution is -2.41. The lowest BCUT2D eigenvalue weighted by molar-refractivity contribution is 0.0476. The Morgan fingerprint density at radius 3 is 2.44 bits per heavy atom. The molecule has 0 aliphatic rings. The van der Waals surface area contributed by atoms with Crippen molar-refractivity contribution in [3.63, 3.8) is 0 Å². The minimum absolute atomic E-state index is 0.159. The van der Waals surface area contributed by atoms with Gasteiger partial charge in [0.1, 0.15) is 5.82 Å². The molecule has 0 saturated heterocycles. The number of halogens is 1. The predicted octanol–water partition coefficient (Wildman–Crippen LogP) is 3.16. The molecule has 1 aromatic carbocycles. The van der Waals surface area contributed by atoms with Crippen LogP contribution in [-0.2, 0) is 11.2 Å². The van der Waals surface area contributed by atoms with Crippen LogP contribution < -0.4 is 5.32 Å². The third-order valence-electron chi connectivity index (χ3n) is 3.02. The maximum atomic E-state index is 12.9. The van der Waals surface area contributed by atoms with E-state index in [0.29, 0.717) is 0 Å². The van der Waals surface area contributed by atoms with Gasteiger partial charge in [-0.05, 0) is 50.9 Å². The van der Waals surface area contributed by atoms with E-state index < -0.39 is 0 Å². The summed E-state index contributed by atoms with van der Waals surface area (Å²) < 4.78 is 18.5. The molecule has 1 rings (SSSR count). The fourth-order valence-corrected chi connectivity index (χ4v) is 1.99.